The Balaban J connectivity index is 1.65. The Morgan fingerprint density at radius 1 is 1.28 bits per heavy atom. The fraction of sp³-hybridized carbons (Fsp3) is 0.385. The van der Waals surface area contributed by atoms with Crippen LogP contribution in [0.4, 0.5) is 5.95 Å². The summed E-state index contributed by atoms with van der Waals surface area (Å²) in [5.74, 6) is 0.914. The van der Waals surface area contributed by atoms with E-state index in [1.54, 1.807) is 6.20 Å². The zero-order valence-corrected chi connectivity index (χ0v) is 10.5. The maximum atomic E-state index is 4.27. The van der Waals surface area contributed by atoms with Gasteiger partial charge in [0, 0.05) is 44.4 Å². The molecule has 96 valence electrons. The Bertz CT molecular complexity index is 457. The van der Waals surface area contributed by atoms with Crippen LogP contribution in [0.1, 0.15) is 12.8 Å². The molecule has 0 atom stereocenters. The number of nitrogens with zero attached hydrogens (tertiary/aromatic N) is 4. The molecule has 2 heterocycles. The van der Waals surface area contributed by atoms with Gasteiger partial charge in [0.05, 0.1) is 6.33 Å². The lowest BCUT2D eigenvalue weighted by Gasteiger charge is -2.08. The topological polar surface area (TPSA) is 47.7 Å². The van der Waals surface area contributed by atoms with Gasteiger partial charge < -0.3 is 14.5 Å². The molecule has 0 bridgehead atoms. The van der Waals surface area contributed by atoms with Crippen molar-refractivity contribution in [1.82, 2.24) is 19.1 Å². The normalized spacial score (nSPS) is 10.4. The number of hydrogen-bond acceptors (Lipinski definition) is 3. The van der Waals surface area contributed by atoms with Gasteiger partial charge in [0.15, 0.2) is 0 Å². The summed E-state index contributed by atoms with van der Waals surface area (Å²) in [6, 6.07) is 0. The van der Waals surface area contributed by atoms with Gasteiger partial charge in [-0.2, -0.15) is 0 Å². The first-order valence-corrected chi connectivity index (χ1v) is 6.22. The van der Waals surface area contributed by atoms with Crippen molar-refractivity contribution >= 4 is 5.95 Å². The van der Waals surface area contributed by atoms with Gasteiger partial charge in [-0.3, -0.25) is 0 Å². The molecule has 5 nitrogen and oxygen atoms in total. The number of aromatic nitrogens is 4. The maximum absolute atomic E-state index is 4.27. The molecule has 0 spiro atoms. The fourth-order valence-corrected chi connectivity index (χ4v) is 1.80. The van der Waals surface area contributed by atoms with Crippen LogP contribution in [0.15, 0.2) is 43.8 Å². The molecule has 2 aromatic rings. The highest BCUT2D eigenvalue weighted by molar-refractivity contribution is 5.25. The van der Waals surface area contributed by atoms with Gasteiger partial charge in [0.2, 0.25) is 5.95 Å². The summed E-state index contributed by atoms with van der Waals surface area (Å²) in [6.45, 7) is 6.47. The van der Waals surface area contributed by atoms with Crippen molar-refractivity contribution in [1.29, 1.82) is 0 Å². The Labute approximate surface area is 107 Å². The Kier molecular flexibility index (Phi) is 4.58. The number of unbranched alkanes of at least 4 members (excludes halogenated alkanes) is 1. The molecule has 0 saturated heterocycles. The molecule has 0 aliphatic heterocycles. The number of anilines is 1. The molecule has 0 aliphatic carbocycles. The summed E-state index contributed by atoms with van der Waals surface area (Å²) in [6.07, 6.45) is 13.5. The monoisotopic (exact) mass is 245 g/mol. The standard InChI is InChI=1S/C13H19N5/c1-2-8-18-11-7-16-13(18)15-5-3-4-9-17-10-6-14-12-17/h2,6-7,10-12H,1,3-5,8-9H2,(H,15,16). The summed E-state index contributed by atoms with van der Waals surface area (Å²) < 4.78 is 4.14. The van der Waals surface area contributed by atoms with Crippen molar-refractivity contribution in [2.45, 2.75) is 25.9 Å². The third-order valence-corrected chi connectivity index (χ3v) is 2.73. The number of aryl methyl sites for hydroxylation is 1. The van der Waals surface area contributed by atoms with Crippen molar-refractivity contribution < 1.29 is 0 Å². The molecule has 0 amide bonds. The van der Waals surface area contributed by atoms with E-state index >= 15 is 0 Å². The van der Waals surface area contributed by atoms with Crippen molar-refractivity contribution in [3.8, 4) is 0 Å². The molecule has 18 heavy (non-hydrogen) atoms. The van der Waals surface area contributed by atoms with E-state index in [9.17, 15) is 0 Å². The fourth-order valence-electron chi connectivity index (χ4n) is 1.80. The average Bonchev–Trinajstić information content (AvgIpc) is 3.01. The van der Waals surface area contributed by atoms with Crippen LogP contribution >= 0.6 is 0 Å². The van der Waals surface area contributed by atoms with Crippen molar-refractivity contribution in [3.63, 3.8) is 0 Å². The number of imidazole rings is 2. The minimum atomic E-state index is 0.789. The van der Waals surface area contributed by atoms with Crippen LogP contribution < -0.4 is 5.32 Å². The highest BCUT2D eigenvalue weighted by Gasteiger charge is 1.99. The van der Waals surface area contributed by atoms with Crippen molar-refractivity contribution in [2.24, 2.45) is 0 Å². The summed E-state index contributed by atoms with van der Waals surface area (Å²) in [7, 11) is 0. The minimum absolute atomic E-state index is 0.789. The van der Waals surface area contributed by atoms with E-state index in [0.717, 1.165) is 38.4 Å². The SMILES string of the molecule is C=CCn1ccnc1NCCCCn1ccnc1. The highest BCUT2D eigenvalue weighted by Crippen LogP contribution is 2.05. The second-order valence-electron chi connectivity index (χ2n) is 4.13. The molecule has 0 aliphatic rings. The van der Waals surface area contributed by atoms with Gasteiger partial charge in [-0.05, 0) is 12.8 Å². The van der Waals surface area contributed by atoms with Crippen LogP contribution in [-0.4, -0.2) is 25.6 Å². The summed E-state index contributed by atoms with van der Waals surface area (Å²) in [4.78, 5) is 8.29. The van der Waals surface area contributed by atoms with Gasteiger partial charge in [-0.1, -0.05) is 6.08 Å². The zero-order valence-electron chi connectivity index (χ0n) is 10.5. The van der Waals surface area contributed by atoms with E-state index in [-0.39, 0.29) is 0 Å². The molecule has 0 fully saturated rings. The molecule has 0 aromatic carbocycles. The van der Waals surface area contributed by atoms with Gasteiger partial charge in [0.25, 0.3) is 0 Å². The Morgan fingerprint density at radius 3 is 3.00 bits per heavy atom. The van der Waals surface area contributed by atoms with Crippen LogP contribution in [-0.2, 0) is 13.1 Å². The number of rotatable bonds is 8. The second kappa shape index (κ2) is 6.64. The van der Waals surface area contributed by atoms with Crippen molar-refractivity contribution in [3.05, 3.63) is 43.8 Å². The van der Waals surface area contributed by atoms with E-state index in [0.29, 0.717) is 0 Å². The van der Waals surface area contributed by atoms with E-state index in [2.05, 4.69) is 26.4 Å². The highest BCUT2D eigenvalue weighted by atomic mass is 15.2. The smallest absolute Gasteiger partial charge is 0.203 e. The molecular weight excluding hydrogens is 226 g/mol. The van der Waals surface area contributed by atoms with Crippen LogP contribution in [0, 0.1) is 0 Å². The number of hydrogen-bond donors (Lipinski definition) is 1. The predicted octanol–water partition coefficient (Wildman–Crippen LogP) is 2.16. The zero-order chi connectivity index (χ0) is 12.6. The van der Waals surface area contributed by atoms with Crippen LogP contribution in [0.2, 0.25) is 0 Å². The van der Waals surface area contributed by atoms with E-state index in [1.807, 2.05) is 35.6 Å². The Morgan fingerprint density at radius 2 is 2.22 bits per heavy atom. The largest absolute Gasteiger partial charge is 0.356 e. The maximum Gasteiger partial charge on any atom is 0.203 e. The molecule has 0 radical (unpaired) electrons. The molecule has 2 rings (SSSR count). The molecule has 0 unspecified atom stereocenters. The quantitative estimate of drug-likeness (QED) is 0.572. The first kappa shape index (κ1) is 12.4. The lowest BCUT2D eigenvalue weighted by Crippen LogP contribution is -2.09. The predicted molar refractivity (Wildman–Crippen MR) is 72.4 cm³/mol. The van der Waals surface area contributed by atoms with Gasteiger partial charge in [-0.15, -0.1) is 6.58 Å². The van der Waals surface area contributed by atoms with Gasteiger partial charge >= 0.3 is 0 Å². The van der Waals surface area contributed by atoms with E-state index < -0.39 is 0 Å². The van der Waals surface area contributed by atoms with Crippen LogP contribution in [0.25, 0.3) is 0 Å². The molecule has 0 saturated carbocycles. The summed E-state index contributed by atoms with van der Waals surface area (Å²) in [5.41, 5.74) is 0. The average molecular weight is 245 g/mol. The van der Waals surface area contributed by atoms with E-state index in [4.69, 9.17) is 0 Å². The third kappa shape index (κ3) is 3.48. The lowest BCUT2D eigenvalue weighted by atomic mass is 10.3. The van der Waals surface area contributed by atoms with Crippen LogP contribution in [0.3, 0.4) is 0 Å². The molecular formula is C13H19N5. The Hall–Kier alpha value is -2.04. The summed E-state index contributed by atoms with van der Waals surface area (Å²) >= 11 is 0. The third-order valence-electron chi connectivity index (χ3n) is 2.73. The van der Waals surface area contributed by atoms with Crippen molar-refractivity contribution in [2.75, 3.05) is 11.9 Å². The first-order valence-electron chi connectivity index (χ1n) is 6.22. The van der Waals surface area contributed by atoms with Gasteiger partial charge in [0.1, 0.15) is 0 Å². The summed E-state index contributed by atoms with van der Waals surface area (Å²) in [5, 5.41) is 3.34. The number of allylic oxidation sites excluding steroid dienone is 1. The molecule has 5 heteroatoms. The first-order chi connectivity index (χ1) is 8.90. The lowest BCUT2D eigenvalue weighted by molar-refractivity contribution is 0.619. The minimum Gasteiger partial charge on any atom is -0.356 e. The molecule has 2 aromatic heterocycles. The second-order valence-corrected chi connectivity index (χ2v) is 4.13. The van der Waals surface area contributed by atoms with E-state index in [1.165, 1.54) is 0 Å². The molecule has 1 N–H and O–H groups in total. The van der Waals surface area contributed by atoms with Gasteiger partial charge in [-0.25, -0.2) is 9.97 Å². The van der Waals surface area contributed by atoms with Crippen LogP contribution in [0.5, 0.6) is 0 Å². The number of nitrogens with one attached hydrogen (secondary N) is 1.